The third-order valence-corrected chi connectivity index (χ3v) is 3.17. The molecule has 1 N–H and O–H groups in total. The van der Waals surface area contributed by atoms with Crippen LogP contribution in [0.2, 0.25) is 0 Å². The molecule has 5 heteroatoms. The van der Waals surface area contributed by atoms with E-state index in [0.29, 0.717) is 0 Å². The van der Waals surface area contributed by atoms with Gasteiger partial charge in [-0.05, 0) is 43.5 Å². The van der Waals surface area contributed by atoms with Crippen molar-refractivity contribution in [3.8, 4) is 0 Å². The Hall–Kier alpha value is -1.33. The summed E-state index contributed by atoms with van der Waals surface area (Å²) >= 11 is 5.32. The van der Waals surface area contributed by atoms with Crippen molar-refractivity contribution in [3.05, 3.63) is 24.3 Å². The van der Waals surface area contributed by atoms with Crippen molar-refractivity contribution in [1.29, 1.82) is 0 Å². The van der Waals surface area contributed by atoms with Gasteiger partial charge >= 0.3 is 0 Å². The van der Waals surface area contributed by atoms with Gasteiger partial charge in [-0.15, -0.1) is 0 Å². The average Bonchev–Trinajstić information content (AvgIpc) is 2.32. The SMILES string of the molecule is CN1CNC(=S)N(c2ccc(N(C)C)cc2)C1. The molecule has 1 fully saturated rings. The van der Waals surface area contributed by atoms with E-state index < -0.39 is 0 Å². The van der Waals surface area contributed by atoms with Crippen LogP contribution in [-0.4, -0.2) is 44.5 Å². The first kappa shape index (κ1) is 12.1. The molecule has 92 valence electrons. The fourth-order valence-electron chi connectivity index (χ4n) is 1.78. The van der Waals surface area contributed by atoms with Gasteiger partial charge in [0.05, 0.1) is 13.3 Å². The van der Waals surface area contributed by atoms with Crippen LogP contribution in [0, 0.1) is 0 Å². The lowest BCUT2D eigenvalue weighted by atomic mass is 10.2. The van der Waals surface area contributed by atoms with Crippen molar-refractivity contribution in [2.24, 2.45) is 0 Å². The van der Waals surface area contributed by atoms with Gasteiger partial charge in [-0.1, -0.05) is 0 Å². The predicted molar refractivity (Wildman–Crippen MR) is 76.5 cm³/mol. The van der Waals surface area contributed by atoms with Gasteiger partial charge in [-0.25, -0.2) is 0 Å². The third-order valence-electron chi connectivity index (χ3n) is 2.81. The standard InChI is InChI=1S/C12H18N4S/c1-14(2)10-4-6-11(7-5-10)16-9-15(3)8-13-12(16)17/h4-7H,8-9H2,1-3H3,(H,13,17). The Kier molecular flexibility index (Phi) is 3.49. The number of thiocarbonyl (C=S) groups is 1. The van der Waals surface area contributed by atoms with Gasteiger partial charge in [0, 0.05) is 25.5 Å². The average molecular weight is 250 g/mol. The van der Waals surface area contributed by atoms with Gasteiger partial charge in [0.15, 0.2) is 5.11 Å². The smallest absolute Gasteiger partial charge is 0.175 e. The van der Waals surface area contributed by atoms with Crippen molar-refractivity contribution in [3.63, 3.8) is 0 Å². The lowest BCUT2D eigenvalue weighted by molar-refractivity contribution is 0.319. The van der Waals surface area contributed by atoms with Crippen LogP contribution < -0.4 is 15.1 Å². The molecule has 1 heterocycles. The van der Waals surface area contributed by atoms with Crippen LogP contribution >= 0.6 is 12.2 Å². The maximum Gasteiger partial charge on any atom is 0.175 e. The van der Waals surface area contributed by atoms with Crippen molar-refractivity contribution in [2.75, 3.05) is 44.3 Å². The topological polar surface area (TPSA) is 21.8 Å². The minimum Gasteiger partial charge on any atom is -0.378 e. The Morgan fingerprint density at radius 1 is 1.24 bits per heavy atom. The van der Waals surface area contributed by atoms with Crippen molar-refractivity contribution >= 4 is 28.7 Å². The Bertz CT molecular complexity index is 401. The van der Waals surface area contributed by atoms with Crippen LogP contribution in [-0.2, 0) is 0 Å². The largest absolute Gasteiger partial charge is 0.378 e. The molecule has 1 aliphatic rings. The summed E-state index contributed by atoms with van der Waals surface area (Å²) in [4.78, 5) is 6.36. The minimum absolute atomic E-state index is 0.792. The first-order chi connectivity index (χ1) is 8.08. The van der Waals surface area contributed by atoms with E-state index in [1.54, 1.807) is 0 Å². The first-order valence-electron chi connectivity index (χ1n) is 5.59. The molecule has 1 aromatic carbocycles. The van der Waals surface area contributed by atoms with Crippen LogP contribution in [0.5, 0.6) is 0 Å². The zero-order chi connectivity index (χ0) is 12.4. The molecule has 17 heavy (non-hydrogen) atoms. The zero-order valence-electron chi connectivity index (χ0n) is 10.5. The minimum atomic E-state index is 0.792. The summed E-state index contributed by atoms with van der Waals surface area (Å²) in [6, 6.07) is 8.41. The Balaban J connectivity index is 2.18. The fraction of sp³-hybridized carbons (Fsp3) is 0.417. The van der Waals surface area contributed by atoms with E-state index in [2.05, 4.69) is 51.3 Å². The number of hydrogen-bond donors (Lipinski definition) is 1. The highest BCUT2D eigenvalue weighted by molar-refractivity contribution is 7.80. The quantitative estimate of drug-likeness (QED) is 0.797. The molecule has 1 aromatic rings. The maximum atomic E-state index is 5.32. The predicted octanol–water partition coefficient (Wildman–Crippen LogP) is 1.29. The normalized spacial score (nSPS) is 16.9. The summed E-state index contributed by atoms with van der Waals surface area (Å²) in [6.07, 6.45) is 0. The van der Waals surface area contributed by atoms with Crippen LogP contribution in [0.15, 0.2) is 24.3 Å². The molecule has 0 radical (unpaired) electrons. The van der Waals surface area contributed by atoms with Crippen molar-refractivity contribution < 1.29 is 0 Å². The number of hydrogen-bond acceptors (Lipinski definition) is 3. The van der Waals surface area contributed by atoms with Gasteiger partial charge in [0.25, 0.3) is 0 Å². The summed E-state index contributed by atoms with van der Waals surface area (Å²) in [7, 11) is 6.14. The molecule has 4 nitrogen and oxygen atoms in total. The molecular formula is C12H18N4S. The number of nitrogens with zero attached hydrogens (tertiary/aromatic N) is 3. The van der Waals surface area contributed by atoms with Crippen molar-refractivity contribution in [2.45, 2.75) is 0 Å². The second kappa shape index (κ2) is 4.89. The van der Waals surface area contributed by atoms with Crippen molar-refractivity contribution in [1.82, 2.24) is 10.2 Å². The van der Waals surface area contributed by atoms with E-state index in [-0.39, 0.29) is 0 Å². The van der Waals surface area contributed by atoms with Crippen LogP contribution in [0.4, 0.5) is 11.4 Å². The molecule has 0 saturated carbocycles. The molecule has 0 unspecified atom stereocenters. The molecule has 0 bridgehead atoms. The highest BCUT2D eigenvalue weighted by atomic mass is 32.1. The zero-order valence-corrected chi connectivity index (χ0v) is 11.3. The van der Waals surface area contributed by atoms with E-state index >= 15 is 0 Å². The van der Waals surface area contributed by atoms with Crippen LogP contribution in [0.1, 0.15) is 0 Å². The fourth-order valence-corrected chi connectivity index (χ4v) is 2.01. The first-order valence-corrected chi connectivity index (χ1v) is 6.00. The molecule has 0 aromatic heterocycles. The second-order valence-corrected chi connectivity index (χ2v) is 4.86. The summed E-state index contributed by atoms with van der Waals surface area (Å²) < 4.78 is 0. The summed E-state index contributed by atoms with van der Waals surface area (Å²) in [5.41, 5.74) is 2.32. The van der Waals surface area contributed by atoms with Crippen LogP contribution in [0.3, 0.4) is 0 Å². The van der Waals surface area contributed by atoms with E-state index in [0.717, 1.165) is 24.1 Å². The number of anilines is 2. The number of benzene rings is 1. The van der Waals surface area contributed by atoms with Gasteiger partial charge in [-0.3, -0.25) is 4.90 Å². The molecule has 0 atom stereocenters. The van der Waals surface area contributed by atoms with Gasteiger partial charge in [0.1, 0.15) is 0 Å². The number of rotatable bonds is 2. The van der Waals surface area contributed by atoms with E-state index in [9.17, 15) is 0 Å². The highest BCUT2D eigenvalue weighted by Gasteiger charge is 2.18. The molecule has 0 amide bonds. The monoisotopic (exact) mass is 250 g/mol. The molecule has 1 aliphatic heterocycles. The van der Waals surface area contributed by atoms with Gasteiger partial charge < -0.3 is 15.1 Å². The van der Waals surface area contributed by atoms with E-state index in [1.807, 2.05) is 14.1 Å². The second-order valence-electron chi connectivity index (χ2n) is 4.48. The summed E-state index contributed by atoms with van der Waals surface area (Å²) in [6.45, 7) is 1.64. The third kappa shape index (κ3) is 2.68. The molecular weight excluding hydrogens is 232 g/mol. The van der Waals surface area contributed by atoms with E-state index in [1.165, 1.54) is 5.69 Å². The highest BCUT2D eigenvalue weighted by Crippen LogP contribution is 2.20. The lowest BCUT2D eigenvalue weighted by Crippen LogP contribution is -2.54. The van der Waals surface area contributed by atoms with Crippen LogP contribution in [0.25, 0.3) is 0 Å². The maximum absolute atomic E-state index is 5.32. The molecule has 1 saturated heterocycles. The molecule has 2 rings (SSSR count). The summed E-state index contributed by atoms with van der Waals surface area (Å²) in [5.74, 6) is 0. The Morgan fingerprint density at radius 3 is 2.47 bits per heavy atom. The van der Waals surface area contributed by atoms with E-state index in [4.69, 9.17) is 12.2 Å². The van der Waals surface area contributed by atoms with Gasteiger partial charge in [-0.2, -0.15) is 0 Å². The Labute approximate surface area is 108 Å². The molecule has 0 spiro atoms. The van der Waals surface area contributed by atoms with Gasteiger partial charge in [0.2, 0.25) is 0 Å². The lowest BCUT2D eigenvalue weighted by Gasteiger charge is -2.36. The number of nitrogens with one attached hydrogen (secondary N) is 1. The molecule has 0 aliphatic carbocycles. The summed E-state index contributed by atoms with van der Waals surface area (Å²) in [5, 5.41) is 3.98. The Morgan fingerprint density at radius 2 is 1.88 bits per heavy atom.